The minimum Gasteiger partial charge on any atom is -0.497 e. The fourth-order valence-corrected chi connectivity index (χ4v) is 4.47. The number of methoxy groups -OCH3 is 1. The summed E-state index contributed by atoms with van der Waals surface area (Å²) in [5, 5.41) is 5.63. The highest BCUT2D eigenvalue weighted by molar-refractivity contribution is 7.89. The predicted molar refractivity (Wildman–Crippen MR) is 128 cm³/mol. The second-order valence-corrected chi connectivity index (χ2v) is 10.3. The number of carbonyl (C=O) groups excluding carboxylic acids is 2. The van der Waals surface area contributed by atoms with Gasteiger partial charge in [-0.3, -0.25) is 9.59 Å². The van der Waals surface area contributed by atoms with Gasteiger partial charge in [-0.15, -0.1) is 0 Å². The Labute approximate surface area is 196 Å². The summed E-state index contributed by atoms with van der Waals surface area (Å²) in [5.74, 6) is 0.00636. The highest BCUT2D eigenvalue weighted by atomic mass is 32.2. The third-order valence-electron chi connectivity index (χ3n) is 4.87. The molecule has 8 nitrogen and oxygen atoms in total. The molecule has 9 heteroatoms. The quantitative estimate of drug-likeness (QED) is 0.461. The molecule has 0 unspecified atom stereocenters. The minimum absolute atomic E-state index is 0.0478. The number of hydrogen-bond acceptors (Lipinski definition) is 5. The van der Waals surface area contributed by atoms with Crippen molar-refractivity contribution in [1.82, 2.24) is 10.0 Å². The van der Waals surface area contributed by atoms with Crippen molar-refractivity contribution < 1.29 is 22.7 Å². The lowest BCUT2D eigenvalue weighted by Crippen LogP contribution is -2.49. The van der Waals surface area contributed by atoms with Crippen LogP contribution < -0.4 is 20.1 Å². The van der Waals surface area contributed by atoms with E-state index < -0.39 is 22.0 Å². The van der Waals surface area contributed by atoms with Crippen LogP contribution in [0.5, 0.6) is 5.75 Å². The van der Waals surface area contributed by atoms with E-state index in [-0.39, 0.29) is 29.2 Å². The largest absolute Gasteiger partial charge is 0.497 e. The third kappa shape index (κ3) is 8.18. The van der Waals surface area contributed by atoms with Crippen LogP contribution >= 0.6 is 0 Å². The SMILES string of the molecule is COc1ccc(S(=O)(=O)N[C@H](C(=O)NCc2cccc(NC(=O)CC(C)C)c2)C(C)C)cc1. The fourth-order valence-electron chi connectivity index (χ4n) is 3.12. The lowest BCUT2D eigenvalue weighted by molar-refractivity contribution is -0.123. The maximum Gasteiger partial charge on any atom is 0.241 e. The first-order chi connectivity index (χ1) is 15.5. The first-order valence-electron chi connectivity index (χ1n) is 10.8. The summed E-state index contributed by atoms with van der Waals surface area (Å²) in [5.41, 5.74) is 1.43. The lowest BCUT2D eigenvalue weighted by atomic mass is 10.0. The van der Waals surface area contributed by atoms with Crippen molar-refractivity contribution in [3.8, 4) is 5.75 Å². The maximum atomic E-state index is 12.8. The standard InChI is InChI=1S/C24H33N3O5S/c1-16(2)13-22(28)26-19-8-6-7-18(14-19)15-25-24(29)23(17(3)4)27-33(30,31)21-11-9-20(32-5)10-12-21/h6-12,14,16-17,23,27H,13,15H2,1-5H3,(H,25,29)(H,26,28)/t23-/m0/s1. The summed E-state index contributed by atoms with van der Waals surface area (Å²) in [6.07, 6.45) is 0.422. The molecule has 0 bridgehead atoms. The van der Waals surface area contributed by atoms with E-state index in [2.05, 4.69) is 15.4 Å². The zero-order valence-corrected chi connectivity index (χ0v) is 20.5. The van der Waals surface area contributed by atoms with Crippen LogP contribution in [0, 0.1) is 11.8 Å². The molecule has 0 radical (unpaired) electrons. The van der Waals surface area contributed by atoms with E-state index in [9.17, 15) is 18.0 Å². The van der Waals surface area contributed by atoms with Gasteiger partial charge in [0, 0.05) is 18.7 Å². The van der Waals surface area contributed by atoms with Crippen LogP contribution in [0.2, 0.25) is 0 Å². The number of rotatable bonds is 11. The first kappa shape index (κ1) is 26.3. The van der Waals surface area contributed by atoms with Crippen LogP contribution in [0.4, 0.5) is 5.69 Å². The van der Waals surface area contributed by atoms with Gasteiger partial charge in [-0.2, -0.15) is 4.72 Å². The van der Waals surface area contributed by atoms with Crippen molar-refractivity contribution in [2.24, 2.45) is 11.8 Å². The zero-order chi connectivity index (χ0) is 24.6. The number of hydrogen-bond donors (Lipinski definition) is 3. The smallest absolute Gasteiger partial charge is 0.241 e. The zero-order valence-electron chi connectivity index (χ0n) is 19.7. The topological polar surface area (TPSA) is 114 Å². The highest BCUT2D eigenvalue weighted by Gasteiger charge is 2.28. The molecule has 0 fully saturated rings. The van der Waals surface area contributed by atoms with Crippen LogP contribution in [0.25, 0.3) is 0 Å². The number of amides is 2. The Morgan fingerprint density at radius 3 is 2.24 bits per heavy atom. The number of benzene rings is 2. The molecule has 0 heterocycles. The van der Waals surface area contributed by atoms with Gasteiger partial charge >= 0.3 is 0 Å². The molecule has 0 aliphatic rings. The molecular weight excluding hydrogens is 442 g/mol. The molecule has 0 spiro atoms. The Morgan fingerprint density at radius 1 is 1.00 bits per heavy atom. The van der Waals surface area contributed by atoms with Crippen molar-refractivity contribution in [3.05, 3.63) is 54.1 Å². The monoisotopic (exact) mass is 475 g/mol. The van der Waals surface area contributed by atoms with Crippen LogP contribution in [0.15, 0.2) is 53.4 Å². The summed E-state index contributed by atoms with van der Waals surface area (Å²) in [6.45, 7) is 7.68. The summed E-state index contributed by atoms with van der Waals surface area (Å²) < 4.78 is 33.1. The van der Waals surface area contributed by atoms with E-state index in [0.717, 1.165) is 5.56 Å². The van der Waals surface area contributed by atoms with Gasteiger partial charge in [0.25, 0.3) is 0 Å². The van der Waals surface area contributed by atoms with Crippen LogP contribution in [-0.4, -0.2) is 33.4 Å². The molecule has 0 aliphatic heterocycles. The Kier molecular flexibility index (Phi) is 9.43. The molecule has 3 N–H and O–H groups in total. The van der Waals surface area contributed by atoms with E-state index in [1.165, 1.54) is 19.2 Å². The highest BCUT2D eigenvalue weighted by Crippen LogP contribution is 2.17. The predicted octanol–water partition coefficient (Wildman–Crippen LogP) is 3.30. The van der Waals surface area contributed by atoms with E-state index in [0.29, 0.717) is 17.9 Å². The van der Waals surface area contributed by atoms with E-state index in [1.54, 1.807) is 44.2 Å². The molecule has 33 heavy (non-hydrogen) atoms. The van der Waals surface area contributed by atoms with Gasteiger partial charge in [-0.25, -0.2) is 8.42 Å². The van der Waals surface area contributed by atoms with Gasteiger partial charge < -0.3 is 15.4 Å². The first-order valence-corrected chi connectivity index (χ1v) is 12.3. The van der Waals surface area contributed by atoms with E-state index in [4.69, 9.17) is 4.74 Å². The molecular formula is C24H33N3O5S. The Morgan fingerprint density at radius 2 is 1.67 bits per heavy atom. The average Bonchev–Trinajstić information content (AvgIpc) is 2.75. The van der Waals surface area contributed by atoms with Crippen molar-refractivity contribution in [2.75, 3.05) is 12.4 Å². The molecule has 2 aromatic rings. The van der Waals surface area contributed by atoms with Crippen LogP contribution in [0.1, 0.15) is 39.7 Å². The van der Waals surface area contributed by atoms with Gasteiger partial charge in [0.2, 0.25) is 21.8 Å². The van der Waals surface area contributed by atoms with Gasteiger partial charge in [0.05, 0.1) is 12.0 Å². The average molecular weight is 476 g/mol. The fraction of sp³-hybridized carbons (Fsp3) is 0.417. The van der Waals surface area contributed by atoms with Gasteiger partial charge in [0.15, 0.2) is 0 Å². The van der Waals surface area contributed by atoms with Crippen LogP contribution in [-0.2, 0) is 26.2 Å². The Bertz CT molecular complexity index is 1050. The molecule has 2 aromatic carbocycles. The van der Waals surface area contributed by atoms with Crippen LogP contribution in [0.3, 0.4) is 0 Å². The molecule has 0 saturated heterocycles. The second kappa shape index (κ2) is 11.8. The van der Waals surface area contributed by atoms with Gasteiger partial charge in [-0.05, 0) is 53.8 Å². The normalized spacial score (nSPS) is 12.5. The van der Waals surface area contributed by atoms with E-state index >= 15 is 0 Å². The number of sulfonamides is 1. The number of nitrogens with one attached hydrogen (secondary N) is 3. The molecule has 0 saturated carbocycles. The van der Waals surface area contributed by atoms with Crippen molar-refractivity contribution in [3.63, 3.8) is 0 Å². The summed E-state index contributed by atoms with van der Waals surface area (Å²) >= 11 is 0. The van der Waals surface area contributed by atoms with Gasteiger partial charge in [0.1, 0.15) is 11.8 Å². The molecule has 1 atom stereocenters. The molecule has 2 amide bonds. The number of carbonyl (C=O) groups is 2. The van der Waals surface area contributed by atoms with Gasteiger partial charge in [-0.1, -0.05) is 39.8 Å². The summed E-state index contributed by atoms with van der Waals surface area (Å²) in [7, 11) is -2.41. The van der Waals surface area contributed by atoms with Crippen molar-refractivity contribution in [2.45, 2.75) is 51.6 Å². The molecule has 180 valence electrons. The second-order valence-electron chi connectivity index (χ2n) is 8.58. The minimum atomic E-state index is -3.90. The van der Waals surface area contributed by atoms with E-state index in [1.807, 2.05) is 19.9 Å². The van der Waals surface area contributed by atoms with Crippen molar-refractivity contribution in [1.29, 1.82) is 0 Å². The maximum absolute atomic E-state index is 12.8. The Balaban J connectivity index is 2.04. The molecule has 0 aromatic heterocycles. The summed E-state index contributed by atoms with van der Waals surface area (Å²) in [6, 6.07) is 12.2. The number of ether oxygens (including phenoxy) is 1. The number of anilines is 1. The Hall–Kier alpha value is -2.91. The lowest BCUT2D eigenvalue weighted by Gasteiger charge is -2.22. The van der Waals surface area contributed by atoms with Crippen molar-refractivity contribution >= 4 is 27.5 Å². The molecule has 0 aliphatic carbocycles. The molecule has 2 rings (SSSR count). The third-order valence-corrected chi connectivity index (χ3v) is 6.33. The summed E-state index contributed by atoms with van der Waals surface area (Å²) in [4.78, 5) is 24.9.